The molecule has 2 aromatic carbocycles. The van der Waals surface area contributed by atoms with E-state index in [1.165, 1.54) is 0 Å². The van der Waals surface area contributed by atoms with Crippen molar-refractivity contribution >= 4 is 23.2 Å². The lowest BCUT2D eigenvalue weighted by Gasteiger charge is -2.18. The number of carbonyl (C=O) groups is 2. The van der Waals surface area contributed by atoms with Crippen molar-refractivity contribution in [3.8, 4) is 11.8 Å². The van der Waals surface area contributed by atoms with Crippen LogP contribution < -0.4 is 15.4 Å². The number of unbranched alkanes of at least 4 members (excludes halogenated alkanes) is 1. The minimum Gasteiger partial charge on any atom is -0.493 e. The number of nitriles is 1. The van der Waals surface area contributed by atoms with Gasteiger partial charge in [-0.3, -0.25) is 9.59 Å². The van der Waals surface area contributed by atoms with Gasteiger partial charge in [-0.1, -0.05) is 32.9 Å². The van der Waals surface area contributed by atoms with Gasteiger partial charge in [-0.2, -0.15) is 5.26 Å². The zero-order chi connectivity index (χ0) is 20.6. The second-order valence-corrected chi connectivity index (χ2v) is 7.38. The molecular weight excluding hydrogens is 354 g/mol. The van der Waals surface area contributed by atoms with Gasteiger partial charge in [-0.25, -0.2) is 0 Å². The van der Waals surface area contributed by atoms with Crippen molar-refractivity contribution in [2.75, 3.05) is 17.2 Å². The maximum Gasteiger partial charge on any atom is 0.255 e. The van der Waals surface area contributed by atoms with Gasteiger partial charge < -0.3 is 15.4 Å². The Hall–Kier alpha value is -3.33. The molecule has 0 radical (unpaired) electrons. The summed E-state index contributed by atoms with van der Waals surface area (Å²) in [5, 5.41) is 14.2. The molecule has 0 atom stereocenters. The SMILES string of the molecule is CC(C)(C)C(=O)Nc1cccc(C(=O)Nc2cccc(OCCCC#N)c2)c1. The molecule has 6 heteroatoms. The van der Waals surface area contributed by atoms with Gasteiger partial charge in [-0.15, -0.1) is 0 Å². The van der Waals surface area contributed by atoms with Crippen molar-refractivity contribution in [2.24, 2.45) is 5.41 Å². The monoisotopic (exact) mass is 379 g/mol. The van der Waals surface area contributed by atoms with E-state index in [0.29, 0.717) is 42.1 Å². The Morgan fingerprint density at radius 2 is 1.71 bits per heavy atom. The van der Waals surface area contributed by atoms with Crippen LogP contribution in [0.15, 0.2) is 48.5 Å². The first-order valence-electron chi connectivity index (χ1n) is 9.12. The Kier molecular flexibility index (Phi) is 7.16. The zero-order valence-electron chi connectivity index (χ0n) is 16.4. The standard InChI is InChI=1S/C22H25N3O3/c1-22(2,3)21(27)25-17-9-6-8-16(14-17)20(26)24-18-10-7-11-19(15-18)28-13-5-4-12-23/h6-11,14-15H,4-5,13H2,1-3H3,(H,24,26)(H,25,27). The average molecular weight is 379 g/mol. The van der Waals surface area contributed by atoms with Crippen molar-refractivity contribution in [1.29, 1.82) is 5.26 Å². The first-order valence-corrected chi connectivity index (χ1v) is 9.12. The molecular formula is C22H25N3O3. The Morgan fingerprint density at radius 3 is 2.39 bits per heavy atom. The van der Waals surface area contributed by atoms with E-state index in [1.54, 1.807) is 48.5 Å². The van der Waals surface area contributed by atoms with Crippen molar-refractivity contribution < 1.29 is 14.3 Å². The predicted molar refractivity (Wildman–Crippen MR) is 109 cm³/mol. The number of ether oxygens (including phenoxy) is 1. The number of carbonyl (C=O) groups excluding carboxylic acids is 2. The van der Waals surface area contributed by atoms with Gasteiger partial charge in [0.05, 0.1) is 12.7 Å². The van der Waals surface area contributed by atoms with Crippen LogP contribution >= 0.6 is 0 Å². The van der Waals surface area contributed by atoms with Crippen LogP contribution in [-0.4, -0.2) is 18.4 Å². The molecule has 0 aliphatic rings. The molecule has 0 unspecified atom stereocenters. The van der Waals surface area contributed by atoms with E-state index in [4.69, 9.17) is 10.00 Å². The fourth-order valence-electron chi connectivity index (χ4n) is 2.26. The molecule has 2 aromatic rings. The predicted octanol–water partition coefficient (Wildman–Crippen LogP) is 4.61. The summed E-state index contributed by atoms with van der Waals surface area (Å²) in [5.41, 5.74) is 1.09. The lowest BCUT2D eigenvalue weighted by atomic mass is 9.95. The number of benzene rings is 2. The van der Waals surface area contributed by atoms with Gasteiger partial charge in [0, 0.05) is 34.8 Å². The van der Waals surface area contributed by atoms with Crippen LogP contribution in [0.1, 0.15) is 44.0 Å². The van der Waals surface area contributed by atoms with Crippen molar-refractivity contribution in [3.63, 3.8) is 0 Å². The van der Waals surface area contributed by atoms with Crippen LogP contribution in [0.5, 0.6) is 5.75 Å². The summed E-state index contributed by atoms with van der Waals surface area (Å²) >= 11 is 0. The number of rotatable bonds is 7. The maximum atomic E-state index is 12.6. The van der Waals surface area contributed by atoms with Gasteiger partial charge in [0.1, 0.15) is 5.75 Å². The molecule has 6 nitrogen and oxygen atoms in total. The first kappa shape index (κ1) is 21.0. The minimum absolute atomic E-state index is 0.119. The fraction of sp³-hybridized carbons (Fsp3) is 0.318. The lowest BCUT2D eigenvalue weighted by molar-refractivity contribution is -0.123. The number of hydrogen-bond acceptors (Lipinski definition) is 4. The molecule has 2 amide bonds. The number of anilines is 2. The minimum atomic E-state index is -0.522. The molecule has 0 aromatic heterocycles. The van der Waals surface area contributed by atoms with Crippen LogP contribution in [0.25, 0.3) is 0 Å². The van der Waals surface area contributed by atoms with Crippen LogP contribution in [0.2, 0.25) is 0 Å². The molecule has 0 saturated heterocycles. The Morgan fingerprint density at radius 1 is 1.04 bits per heavy atom. The van der Waals surface area contributed by atoms with Crippen LogP contribution in [0, 0.1) is 16.7 Å². The topological polar surface area (TPSA) is 91.2 Å². The summed E-state index contributed by atoms with van der Waals surface area (Å²) in [6, 6.07) is 15.9. The second-order valence-electron chi connectivity index (χ2n) is 7.38. The van der Waals surface area contributed by atoms with Gasteiger partial charge in [0.15, 0.2) is 0 Å². The van der Waals surface area contributed by atoms with E-state index in [9.17, 15) is 9.59 Å². The van der Waals surface area contributed by atoms with Crippen LogP contribution in [0.4, 0.5) is 11.4 Å². The van der Waals surface area contributed by atoms with Crippen molar-refractivity contribution in [3.05, 3.63) is 54.1 Å². The smallest absolute Gasteiger partial charge is 0.255 e. The Balaban J connectivity index is 2.02. The molecule has 0 saturated carbocycles. The van der Waals surface area contributed by atoms with E-state index >= 15 is 0 Å². The molecule has 28 heavy (non-hydrogen) atoms. The molecule has 2 rings (SSSR count). The van der Waals surface area contributed by atoms with Crippen molar-refractivity contribution in [2.45, 2.75) is 33.6 Å². The highest BCUT2D eigenvalue weighted by atomic mass is 16.5. The Bertz CT molecular complexity index is 879. The lowest BCUT2D eigenvalue weighted by Crippen LogP contribution is -2.27. The summed E-state index contributed by atoms with van der Waals surface area (Å²) in [6.07, 6.45) is 1.10. The van der Waals surface area contributed by atoms with Gasteiger partial charge in [0.25, 0.3) is 5.91 Å². The van der Waals surface area contributed by atoms with Gasteiger partial charge in [0.2, 0.25) is 5.91 Å². The number of amides is 2. The summed E-state index contributed by atoms with van der Waals surface area (Å²) in [4.78, 5) is 24.7. The third-order valence-electron chi connectivity index (χ3n) is 3.86. The van der Waals surface area contributed by atoms with E-state index < -0.39 is 5.41 Å². The quantitative estimate of drug-likeness (QED) is 0.688. The van der Waals surface area contributed by atoms with E-state index in [1.807, 2.05) is 20.8 Å². The summed E-state index contributed by atoms with van der Waals surface area (Å²) in [5.74, 6) is 0.224. The van der Waals surface area contributed by atoms with Gasteiger partial charge >= 0.3 is 0 Å². The molecule has 2 N–H and O–H groups in total. The molecule has 146 valence electrons. The number of hydrogen-bond donors (Lipinski definition) is 2. The first-order chi connectivity index (χ1) is 13.3. The van der Waals surface area contributed by atoms with Gasteiger partial charge in [-0.05, 0) is 36.8 Å². The summed E-state index contributed by atoms with van der Waals surface area (Å²) in [6.45, 7) is 5.93. The second kappa shape index (κ2) is 9.56. The Labute approximate surface area is 165 Å². The fourth-order valence-corrected chi connectivity index (χ4v) is 2.26. The summed E-state index contributed by atoms with van der Waals surface area (Å²) in [7, 11) is 0. The van der Waals surface area contributed by atoms with Crippen molar-refractivity contribution in [1.82, 2.24) is 0 Å². The third kappa shape index (κ3) is 6.44. The highest BCUT2D eigenvalue weighted by molar-refractivity contribution is 6.05. The molecule has 0 bridgehead atoms. The highest BCUT2D eigenvalue weighted by Crippen LogP contribution is 2.21. The zero-order valence-corrected chi connectivity index (χ0v) is 16.4. The molecule has 0 aliphatic carbocycles. The molecule has 0 spiro atoms. The largest absolute Gasteiger partial charge is 0.493 e. The summed E-state index contributed by atoms with van der Waals surface area (Å²) < 4.78 is 5.58. The average Bonchev–Trinajstić information content (AvgIpc) is 2.65. The van der Waals surface area contributed by atoms with E-state index in [0.717, 1.165) is 0 Å². The molecule has 0 fully saturated rings. The normalized spacial score (nSPS) is 10.6. The van der Waals surface area contributed by atoms with E-state index in [2.05, 4.69) is 16.7 Å². The van der Waals surface area contributed by atoms with E-state index in [-0.39, 0.29) is 11.8 Å². The number of nitrogens with zero attached hydrogens (tertiary/aromatic N) is 1. The van der Waals surface area contributed by atoms with Crippen LogP contribution in [0.3, 0.4) is 0 Å². The highest BCUT2D eigenvalue weighted by Gasteiger charge is 2.21. The number of nitrogens with one attached hydrogen (secondary N) is 2. The third-order valence-corrected chi connectivity index (χ3v) is 3.86. The molecule has 0 heterocycles. The van der Waals surface area contributed by atoms with Crippen LogP contribution in [-0.2, 0) is 4.79 Å². The maximum absolute atomic E-state index is 12.6. The molecule has 0 aliphatic heterocycles.